The fraction of sp³-hybridized carbons (Fsp3) is 0.400. The summed E-state index contributed by atoms with van der Waals surface area (Å²) in [5.41, 5.74) is 3.13. The number of carbonyl (C=O) groups excluding carboxylic acids is 1. The van der Waals surface area contributed by atoms with Crippen LogP contribution in [0, 0.1) is 12.8 Å². The molecule has 1 amide bonds. The highest BCUT2D eigenvalue weighted by molar-refractivity contribution is 5.90. The highest BCUT2D eigenvalue weighted by Crippen LogP contribution is 2.56. The molecule has 0 N–H and O–H groups in total. The maximum atomic E-state index is 13.7. The summed E-state index contributed by atoms with van der Waals surface area (Å²) in [6.45, 7) is 4.56. The van der Waals surface area contributed by atoms with Gasteiger partial charge in [-0.3, -0.25) is 14.7 Å². The van der Waals surface area contributed by atoms with Gasteiger partial charge in [0.25, 0.3) is 0 Å². The Hall–Kier alpha value is -2.99. The first-order valence-electron chi connectivity index (χ1n) is 11.2. The van der Waals surface area contributed by atoms with Crippen LogP contribution < -0.4 is 0 Å². The minimum absolute atomic E-state index is 0.188. The van der Waals surface area contributed by atoms with Crippen molar-refractivity contribution in [1.29, 1.82) is 0 Å². The predicted molar refractivity (Wildman–Crippen MR) is 117 cm³/mol. The summed E-state index contributed by atoms with van der Waals surface area (Å²) in [6.07, 6.45) is 10.6. The third-order valence-electron chi connectivity index (χ3n) is 7.47. The molecular formula is C25H27N5O. The highest BCUT2D eigenvalue weighted by Gasteiger charge is 2.65. The molecule has 3 fully saturated rings. The van der Waals surface area contributed by atoms with E-state index in [0.717, 1.165) is 49.4 Å². The molecule has 2 aromatic heterocycles. The molecule has 31 heavy (non-hydrogen) atoms. The van der Waals surface area contributed by atoms with E-state index in [4.69, 9.17) is 4.98 Å². The monoisotopic (exact) mass is 413 g/mol. The minimum atomic E-state index is -0.351. The van der Waals surface area contributed by atoms with Gasteiger partial charge >= 0.3 is 0 Å². The van der Waals surface area contributed by atoms with Crippen molar-refractivity contribution < 1.29 is 4.79 Å². The Morgan fingerprint density at radius 3 is 2.97 bits per heavy atom. The molecule has 6 nitrogen and oxygen atoms in total. The third kappa shape index (κ3) is 2.78. The summed E-state index contributed by atoms with van der Waals surface area (Å²) >= 11 is 0. The molecule has 5 heterocycles. The molecule has 0 aliphatic carbocycles. The fourth-order valence-corrected chi connectivity index (χ4v) is 6.23. The second-order valence-corrected chi connectivity index (χ2v) is 9.21. The van der Waals surface area contributed by atoms with Crippen molar-refractivity contribution >= 4 is 5.91 Å². The van der Waals surface area contributed by atoms with E-state index in [1.54, 1.807) is 6.20 Å². The molecule has 0 unspecified atom stereocenters. The number of likely N-dealkylation sites (tertiary alicyclic amines) is 1. The van der Waals surface area contributed by atoms with E-state index in [9.17, 15) is 4.79 Å². The minimum Gasteiger partial charge on any atom is -0.336 e. The molecular weight excluding hydrogens is 386 g/mol. The Labute approximate surface area is 182 Å². The van der Waals surface area contributed by atoms with E-state index in [1.807, 2.05) is 18.5 Å². The number of pyridine rings is 1. The zero-order valence-corrected chi connectivity index (χ0v) is 17.8. The van der Waals surface area contributed by atoms with Gasteiger partial charge in [-0.05, 0) is 55.5 Å². The van der Waals surface area contributed by atoms with Crippen molar-refractivity contribution in [1.82, 2.24) is 24.3 Å². The van der Waals surface area contributed by atoms with Crippen LogP contribution in [0.25, 0.3) is 5.69 Å². The summed E-state index contributed by atoms with van der Waals surface area (Å²) in [5.74, 6) is 1.72. The number of aromatic nitrogens is 3. The zero-order chi connectivity index (χ0) is 21.0. The van der Waals surface area contributed by atoms with Crippen LogP contribution in [0.2, 0.25) is 0 Å². The van der Waals surface area contributed by atoms with Crippen molar-refractivity contribution in [3.8, 4) is 5.69 Å². The van der Waals surface area contributed by atoms with Crippen molar-refractivity contribution in [2.24, 2.45) is 5.92 Å². The van der Waals surface area contributed by atoms with Gasteiger partial charge in [0, 0.05) is 56.0 Å². The van der Waals surface area contributed by atoms with E-state index in [2.05, 4.69) is 62.8 Å². The van der Waals surface area contributed by atoms with Gasteiger partial charge in [-0.1, -0.05) is 18.2 Å². The average Bonchev–Trinajstić information content (AvgIpc) is 3.53. The third-order valence-corrected chi connectivity index (χ3v) is 7.47. The van der Waals surface area contributed by atoms with E-state index in [1.165, 1.54) is 5.56 Å². The summed E-state index contributed by atoms with van der Waals surface area (Å²) in [7, 11) is 0. The zero-order valence-electron chi connectivity index (χ0n) is 17.8. The first-order valence-corrected chi connectivity index (χ1v) is 11.2. The lowest BCUT2D eigenvalue weighted by molar-refractivity contribution is -0.137. The largest absolute Gasteiger partial charge is 0.336 e. The lowest BCUT2D eigenvalue weighted by Crippen LogP contribution is -2.49. The molecule has 1 aromatic carbocycles. The van der Waals surface area contributed by atoms with Gasteiger partial charge in [0.05, 0.1) is 6.04 Å². The number of aryl methyl sites for hydroxylation is 1. The van der Waals surface area contributed by atoms with Gasteiger partial charge in [-0.2, -0.15) is 0 Å². The van der Waals surface area contributed by atoms with Crippen LogP contribution in [0.3, 0.4) is 0 Å². The van der Waals surface area contributed by atoms with E-state index in [-0.39, 0.29) is 11.6 Å². The molecule has 3 saturated heterocycles. The number of hydrogen-bond donors (Lipinski definition) is 0. The quantitative estimate of drug-likeness (QED) is 0.657. The van der Waals surface area contributed by atoms with Crippen molar-refractivity contribution in [2.75, 3.05) is 13.1 Å². The number of carbonyl (C=O) groups is 1. The Balaban J connectivity index is 1.32. The number of rotatable bonds is 4. The number of hydrogen-bond acceptors (Lipinski definition) is 4. The number of benzene rings is 1. The summed E-state index contributed by atoms with van der Waals surface area (Å²) in [6, 6.07) is 12.7. The normalized spacial score (nSPS) is 27.6. The molecule has 0 radical (unpaired) electrons. The van der Waals surface area contributed by atoms with Crippen molar-refractivity contribution in [2.45, 2.75) is 44.3 Å². The highest BCUT2D eigenvalue weighted by atomic mass is 16.2. The topological polar surface area (TPSA) is 54.3 Å². The van der Waals surface area contributed by atoms with Crippen molar-refractivity contribution in [3.63, 3.8) is 0 Å². The standard InChI is InChI=1S/C25H27N5O/c1-18-5-2-7-21(13-18)29-12-10-27-23(29)22-14-20-17-28(16-19-6-3-9-26-15-19)24(31)25(20)8-4-11-30(22)25/h2-3,5-7,9-10,12-13,15,20,22H,4,8,11,14,16-17H2,1H3/t20-,22-,25-/m0/s1. The van der Waals surface area contributed by atoms with E-state index < -0.39 is 0 Å². The molecule has 3 aromatic rings. The van der Waals surface area contributed by atoms with Crippen LogP contribution in [-0.4, -0.2) is 48.9 Å². The predicted octanol–water partition coefficient (Wildman–Crippen LogP) is 3.51. The molecule has 0 bridgehead atoms. The molecule has 0 saturated carbocycles. The fourth-order valence-electron chi connectivity index (χ4n) is 6.23. The Morgan fingerprint density at radius 1 is 1.19 bits per heavy atom. The molecule has 6 heteroatoms. The molecule has 6 rings (SSSR count). The first-order chi connectivity index (χ1) is 15.2. The lowest BCUT2D eigenvalue weighted by Gasteiger charge is -2.33. The SMILES string of the molecule is Cc1cccc(-n2ccnc2[C@@H]2C[C@H]3CN(Cc4cccnc4)C(=O)[C@]34CCCN24)c1. The van der Waals surface area contributed by atoms with E-state index >= 15 is 0 Å². The van der Waals surface area contributed by atoms with Crippen LogP contribution >= 0.6 is 0 Å². The summed E-state index contributed by atoms with van der Waals surface area (Å²) in [4.78, 5) is 27.3. The Morgan fingerprint density at radius 2 is 2.13 bits per heavy atom. The lowest BCUT2D eigenvalue weighted by atomic mass is 9.85. The van der Waals surface area contributed by atoms with Crippen LogP contribution in [0.1, 0.15) is 42.3 Å². The summed E-state index contributed by atoms with van der Waals surface area (Å²) < 4.78 is 2.21. The van der Waals surface area contributed by atoms with Gasteiger partial charge in [-0.15, -0.1) is 0 Å². The van der Waals surface area contributed by atoms with Crippen molar-refractivity contribution in [3.05, 3.63) is 78.1 Å². The second kappa shape index (κ2) is 7.02. The molecule has 3 aliphatic rings. The molecule has 3 aliphatic heterocycles. The maximum Gasteiger partial charge on any atom is 0.243 e. The van der Waals surface area contributed by atoms with Crippen LogP contribution in [0.5, 0.6) is 0 Å². The van der Waals surface area contributed by atoms with Crippen LogP contribution in [0.15, 0.2) is 61.2 Å². The molecule has 3 atom stereocenters. The van der Waals surface area contributed by atoms with E-state index in [0.29, 0.717) is 18.4 Å². The maximum absolute atomic E-state index is 13.7. The molecule has 158 valence electrons. The summed E-state index contributed by atoms with van der Waals surface area (Å²) in [5, 5.41) is 0. The Kier molecular flexibility index (Phi) is 4.25. The molecule has 1 spiro atoms. The van der Waals surface area contributed by atoms with Gasteiger partial charge < -0.3 is 9.47 Å². The number of amides is 1. The van der Waals surface area contributed by atoms with Crippen LogP contribution in [0.4, 0.5) is 0 Å². The average molecular weight is 414 g/mol. The van der Waals surface area contributed by atoms with Crippen LogP contribution in [-0.2, 0) is 11.3 Å². The first kappa shape index (κ1) is 18.8. The Bertz CT molecular complexity index is 1130. The number of nitrogens with zero attached hydrogens (tertiary/aromatic N) is 5. The van der Waals surface area contributed by atoms with Gasteiger partial charge in [0.1, 0.15) is 11.4 Å². The number of imidazole rings is 1. The second-order valence-electron chi connectivity index (χ2n) is 9.21. The van der Waals surface area contributed by atoms with Gasteiger partial charge in [0.2, 0.25) is 5.91 Å². The smallest absolute Gasteiger partial charge is 0.243 e. The van der Waals surface area contributed by atoms with Gasteiger partial charge in [-0.25, -0.2) is 4.98 Å². The van der Waals surface area contributed by atoms with Gasteiger partial charge in [0.15, 0.2) is 0 Å².